The zero-order valence-corrected chi connectivity index (χ0v) is 16.3. The summed E-state index contributed by atoms with van der Waals surface area (Å²) >= 11 is 1.71. The molecule has 1 aliphatic heterocycles. The largest absolute Gasteiger partial charge is 0.347 e. The van der Waals surface area contributed by atoms with Gasteiger partial charge in [-0.25, -0.2) is 0 Å². The Bertz CT molecular complexity index is 873. The molecule has 0 unspecified atom stereocenters. The summed E-state index contributed by atoms with van der Waals surface area (Å²) in [4.78, 5) is 4.62. The van der Waals surface area contributed by atoms with Crippen molar-refractivity contribution >= 4 is 23.0 Å². The van der Waals surface area contributed by atoms with E-state index < -0.39 is 0 Å². The average Bonchev–Trinajstić information content (AvgIpc) is 2.65. The molecule has 26 heavy (non-hydrogen) atoms. The van der Waals surface area contributed by atoms with Crippen LogP contribution in [-0.2, 0) is 0 Å². The van der Waals surface area contributed by atoms with Gasteiger partial charge in [0.2, 0.25) is 0 Å². The van der Waals surface area contributed by atoms with Crippen molar-refractivity contribution in [1.29, 1.82) is 0 Å². The van der Waals surface area contributed by atoms with E-state index in [-0.39, 0.29) is 0 Å². The lowest BCUT2D eigenvalue weighted by Crippen LogP contribution is -2.20. The number of para-hydroxylation sites is 1. The first-order valence-electron chi connectivity index (χ1n) is 9.04. The van der Waals surface area contributed by atoms with Gasteiger partial charge in [-0.1, -0.05) is 73.8 Å². The molecule has 3 rings (SSSR count). The lowest BCUT2D eigenvalue weighted by Gasteiger charge is -2.27. The SMILES string of the molecule is C=C(/C=C/C=C1/C=CN(CCC)c2ccccc21)Sc1ccccc1C. The number of rotatable bonds is 6. The first-order chi connectivity index (χ1) is 12.7. The Morgan fingerprint density at radius 1 is 1.12 bits per heavy atom. The summed E-state index contributed by atoms with van der Waals surface area (Å²) in [6, 6.07) is 17.0. The van der Waals surface area contributed by atoms with E-state index in [1.807, 2.05) is 0 Å². The predicted molar refractivity (Wildman–Crippen MR) is 117 cm³/mol. The van der Waals surface area contributed by atoms with Crippen LogP contribution in [0.5, 0.6) is 0 Å². The summed E-state index contributed by atoms with van der Waals surface area (Å²) in [7, 11) is 0. The van der Waals surface area contributed by atoms with Crippen LogP contribution >= 0.6 is 11.8 Å². The Hall–Kier alpha value is -2.45. The lowest BCUT2D eigenvalue weighted by atomic mass is 9.99. The third-order valence-electron chi connectivity index (χ3n) is 4.32. The maximum absolute atomic E-state index is 4.18. The number of anilines is 1. The van der Waals surface area contributed by atoms with Crippen LogP contribution in [0.15, 0.2) is 95.4 Å². The highest BCUT2D eigenvalue weighted by atomic mass is 32.2. The number of nitrogens with zero attached hydrogens (tertiary/aromatic N) is 1. The summed E-state index contributed by atoms with van der Waals surface area (Å²) in [6.07, 6.45) is 11.9. The van der Waals surface area contributed by atoms with E-state index in [4.69, 9.17) is 0 Å². The van der Waals surface area contributed by atoms with Gasteiger partial charge in [0.05, 0.1) is 0 Å². The molecule has 2 aromatic carbocycles. The molecule has 1 heterocycles. The first-order valence-corrected chi connectivity index (χ1v) is 9.85. The third-order valence-corrected chi connectivity index (χ3v) is 5.39. The summed E-state index contributed by atoms with van der Waals surface area (Å²) in [5.74, 6) is 0. The van der Waals surface area contributed by atoms with Crippen LogP contribution in [0.4, 0.5) is 5.69 Å². The Balaban J connectivity index is 1.74. The molecule has 0 atom stereocenters. The molecule has 0 radical (unpaired) electrons. The van der Waals surface area contributed by atoms with E-state index in [1.165, 1.54) is 27.3 Å². The van der Waals surface area contributed by atoms with E-state index >= 15 is 0 Å². The summed E-state index contributed by atoms with van der Waals surface area (Å²) in [6.45, 7) is 9.56. The quantitative estimate of drug-likeness (QED) is 0.404. The zero-order chi connectivity index (χ0) is 18.4. The van der Waals surface area contributed by atoms with Crippen molar-refractivity contribution in [2.24, 2.45) is 0 Å². The fourth-order valence-corrected chi connectivity index (χ4v) is 3.80. The van der Waals surface area contributed by atoms with Crippen molar-refractivity contribution in [2.75, 3.05) is 11.4 Å². The molecule has 1 nitrogen and oxygen atoms in total. The van der Waals surface area contributed by atoms with Crippen molar-refractivity contribution in [1.82, 2.24) is 0 Å². The second-order valence-corrected chi connectivity index (χ2v) is 7.51. The minimum absolute atomic E-state index is 1.04. The van der Waals surface area contributed by atoms with Gasteiger partial charge in [0.15, 0.2) is 0 Å². The van der Waals surface area contributed by atoms with Crippen molar-refractivity contribution in [3.8, 4) is 0 Å². The van der Waals surface area contributed by atoms with Gasteiger partial charge in [-0.15, -0.1) is 0 Å². The molecule has 0 fully saturated rings. The second-order valence-electron chi connectivity index (χ2n) is 6.34. The molecular weight excluding hydrogens is 334 g/mol. The Morgan fingerprint density at radius 3 is 2.69 bits per heavy atom. The molecule has 132 valence electrons. The van der Waals surface area contributed by atoms with Crippen molar-refractivity contribution < 1.29 is 0 Å². The third kappa shape index (κ3) is 4.39. The summed E-state index contributed by atoms with van der Waals surface area (Å²) in [5, 5.41) is 0. The smallest absolute Gasteiger partial charge is 0.0485 e. The van der Waals surface area contributed by atoms with Crippen LogP contribution in [0.3, 0.4) is 0 Å². The fourth-order valence-electron chi connectivity index (χ4n) is 3.00. The van der Waals surface area contributed by atoms with E-state index in [1.54, 1.807) is 11.8 Å². The number of aryl methyl sites for hydroxylation is 1. The Kier molecular flexibility index (Phi) is 6.19. The van der Waals surface area contributed by atoms with Gasteiger partial charge in [-0.2, -0.15) is 0 Å². The topological polar surface area (TPSA) is 3.24 Å². The zero-order valence-electron chi connectivity index (χ0n) is 15.5. The molecule has 0 spiro atoms. The van der Waals surface area contributed by atoms with E-state index in [9.17, 15) is 0 Å². The molecule has 0 amide bonds. The molecule has 2 aromatic rings. The van der Waals surface area contributed by atoms with Crippen LogP contribution in [0.1, 0.15) is 24.5 Å². The molecule has 0 bridgehead atoms. The van der Waals surface area contributed by atoms with E-state index in [0.29, 0.717) is 0 Å². The second kappa shape index (κ2) is 8.77. The maximum Gasteiger partial charge on any atom is 0.0485 e. The molecule has 2 heteroatoms. The molecule has 0 saturated heterocycles. The molecule has 0 N–H and O–H groups in total. The van der Waals surface area contributed by atoms with Crippen molar-refractivity contribution in [2.45, 2.75) is 25.2 Å². The van der Waals surface area contributed by atoms with Gasteiger partial charge in [-0.3, -0.25) is 0 Å². The normalized spacial score (nSPS) is 14.8. The van der Waals surface area contributed by atoms with Crippen molar-refractivity contribution in [3.63, 3.8) is 0 Å². The highest BCUT2D eigenvalue weighted by molar-refractivity contribution is 8.03. The molecular formula is C24H25NS. The van der Waals surface area contributed by atoms with Crippen LogP contribution < -0.4 is 4.90 Å². The van der Waals surface area contributed by atoms with Gasteiger partial charge in [-0.05, 0) is 48.8 Å². The highest BCUT2D eigenvalue weighted by Crippen LogP contribution is 2.33. The minimum Gasteiger partial charge on any atom is -0.347 e. The van der Waals surface area contributed by atoms with Crippen LogP contribution in [0.2, 0.25) is 0 Å². The Labute approximate surface area is 161 Å². The first kappa shape index (κ1) is 18.3. The number of hydrogen-bond acceptors (Lipinski definition) is 2. The van der Waals surface area contributed by atoms with E-state index in [0.717, 1.165) is 17.9 Å². The standard InChI is InChI=1S/C24H25NS/c1-4-17-25-18-16-21(22-13-6-7-14-23(22)25)12-9-11-20(3)26-24-15-8-5-10-19(24)2/h5-16,18H,3-4,17H2,1-2H3/b11-9+,21-12-. The number of fused-ring (bicyclic) bond motifs is 1. The molecule has 0 saturated carbocycles. The number of benzene rings is 2. The molecule has 0 aliphatic carbocycles. The van der Waals surface area contributed by atoms with Crippen LogP contribution in [0.25, 0.3) is 5.57 Å². The maximum atomic E-state index is 4.18. The molecule has 0 aromatic heterocycles. The fraction of sp³-hybridized carbons (Fsp3) is 0.167. The number of hydrogen-bond donors (Lipinski definition) is 0. The van der Waals surface area contributed by atoms with Crippen LogP contribution in [-0.4, -0.2) is 6.54 Å². The van der Waals surface area contributed by atoms with Gasteiger partial charge in [0.1, 0.15) is 0 Å². The lowest BCUT2D eigenvalue weighted by molar-refractivity contribution is 0.876. The van der Waals surface area contributed by atoms with Crippen molar-refractivity contribution in [3.05, 3.63) is 102 Å². The molecule has 1 aliphatic rings. The summed E-state index contributed by atoms with van der Waals surface area (Å²) in [5.41, 5.74) is 5.08. The van der Waals surface area contributed by atoms with Gasteiger partial charge >= 0.3 is 0 Å². The van der Waals surface area contributed by atoms with E-state index in [2.05, 4.69) is 104 Å². The highest BCUT2D eigenvalue weighted by Gasteiger charge is 2.14. The van der Waals surface area contributed by atoms with Gasteiger partial charge in [0.25, 0.3) is 0 Å². The summed E-state index contributed by atoms with van der Waals surface area (Å²) < 4.78 is 0. The monoisotopic (exact) mass is 359 g/mol. The predicted octanol–water partition coefficient (Wildman–Crippen LogP) is 6.98. The number of allylic oxidation sites excluding steroid dienone is 5. The minimum atomic E-state index is 1.04. The average molecular weight is 360 g/mol. The van der Waals surface area contributed by atoms with Gasteiger partial charge in [0, 0.05) is 33.8 Å². The van der Waals surface area contributed by atoms with Crippen LogP contribution in [0, 0.1) is 6.92 Å². The Morgan fingerprint density at radius 2 is 1.88 bits per heavy atom. The number of thioether (sulfide) groups is 1. The van der Waals surface area contributed by atoms with Gasteiger partial charge < -0.3 is 4.90 Å².